The maximum absolute atomic E-state index is 3.37. The van der Waals surface area contributed by atoms with E-state index in [9.17, 15) is 0 Å². The highest BCUT2D eigenvalue weighted by atomic mass is 15.3. The number of piperazine rings is 1. The van der Waals surface area contributed by atoms with Crippen LogP contribution in [0.2, 0.25) is 0 Å². The molecule has 1 aliphatic carbocycles. The summed E-state index contributed by atoms with van der Waals surface area (Å²) in [5.74, 6) is 0. The largest absolute Gasteiger partial charge is 0.318 e. The number of likely N-dealkylation sites (N-methyl/N-ethyl adjacent to an activating group) is 2. The summed E-state index contributed by atoms with van der Waals surface area (Å²) in [6.07, 6.45) is 7.19. The summed E-state index contributed by atoms with van der Waals surface area (Å²) in [5.41, 5.74) is 0. The minimum atomic E-state index is 0.712. The molecule has 0 amide bonds. The lowest BCUT2D eigenvalue weighted by Gasteiger charge is -2.48. The van der Waals surface area contributed by atoms with Crippen LogP contribution in [0.15, 0.2) is 0 Å². The van der Waals surface area contributed by atoms with Crippen LogP contribution in [-0.2, 0) is 0 Å². The van der Waals surface area contributed by atoms with Crippen molar-refractivity contribution in [2.24, 2.45) is 0 Å². The summed E-state index contributed by atoms with van der Waals surface area (Å²) in [5, 5.41) is 3.37. The Hall–Kier alpha value is -0.120. The standard InChI is InChI=1S/C14H29N3/c1-12-10-17(13-7-5-4-6-8-13)14(9-15-2)11-16(12)3/h12-15H,4-11H2,1-3H3. The van der Waals surface area contributed by atoms with Crippen molar-refractivity contribution >= 4 is 0 Å². The molecule has 0 radical (unpaired) electrons. The van der Waals surface area contributed by atoms with Gasteiger partial charge in [0.25, 0.3) is 0 Å². The van der Waals surface area contributed by atoms with Crippen molar-refractivity contribution < 1.29 is 0 Å². The van der Waals surface area contributed by atoms with Crippen molar-refractivity contribution in [2.45, 2.75) is 57.2 Å². The van der Waals surface area contributed by atoms with Gasteiger partial charge in [-0.3, -0.25) is 4.90 Å². The van der Waals surface area contributed by atoms with Crippen LogP contribution in [-0.4, -0.2) is 61.7 Å². The van der Waals surface area contributed by atoms with Gasteiger partial charge in [0.15, 0.2) is 0 Å². The first-order valence-electron chi connectivity index (χ1n) is 7.33. The minimum Gasteiger partial charge on any atom is -0.318 e. The van der Waals surface area contributed by atoms with Crippen molar-refractivity contribution in [2.75, 3.05) is 33.7 Å². The molecule has 3 nitrogen and oxygen atoms in total. The molecule has 2 fully saturated rings. The van der Waals surface area contributed by atoms with E-state index in [0.29, 0.717) is 12.1 Å². The smallest absolute Gasteiger partial charge is 0.0351 e. The summed E-state index contributed by atoms with van der Waals surface area (Å²) in [6, 6.07) is 2.28. The van der Waals surface area contributed by atoms with E-state index < -0.39 is 0 Å². The van der Waals surface area contributed by atoms with Gasteiger partial charge in [0.05, 0.1) is 0 Å². The molecule has 1 heterocycles. The van der Waals surface area contributed by atoms with Gasteiger partial charge in [-0.15, -0.1) is 0 Å². The number of rotatable bonds is 3. The topological polar surface area (TPSA) is 18.5 Å². The molecule has 2 atom stereocenters. The Bertz CT molecular complexity index is 226. The zero-order valence-corrected chi connectivity index (χ0v) is 11.8. The SMILES string of the molecule is CNCC1CN(C)C(C)CN1C1CCCCC1. The second-order valence-electron chi connectivity index (χ2n) is 5.99. The average molecular weight is 239 g/mol. The van der Waals surface area contributed by atoms with Gasteiger partial charge in [-0.05, 0) is 33.9 Å². The molecule has 100 valence electrons. The van der Waals surface area contributed by atoms with E-state index >= 15 is 0 Å². The minimum absolute atomic E-state index is 0.712. The summed E-state index contributed by atoms with van der Waals surface area (Å²) >= 11 is 0. The van der Waals surface area contributed by atoms with E-state index in [1.165, 1.54) is 45.2 Å². The molecule has 2 rings (SSSR count). The number of hydrogen-bond acceptors (Lipinski definition) is 3. The quantitative estimate of drug-likeness (QED) is 0.806. The van der Waals surface area contributed by atoms with Crippen LogP contribution in [0.4, 0.5) is 0 Å². The lowest BCUT2D eigenvalue weighted by molar-refractivity contribution is 0.00992. The molecule has 2 aliphatic rings. The molecule has 0 aromatic rings. The fourth-order valence-electron chi connectivity index (χ4n) is 3.49. The molecule has 0 aromatic heterocycles. The van der Waals surface area contributed by atoms with Crippen LogP contribution in [0.1, 0.15) is 39.0 Å². The van der Waals surface area contributed by atoms with Crippen molar-refractivity contribution in [1.82, 2.24) is 15.1 Å². The van der Waals surface area contributed by atoms with Gasteiger partial charge in [-0.2, -0.15) is 0 Å². The van der Waals surface area contributed by atoms with Crippen molar-refractivity contribution in [3.05, 3.63) is 0 Å². The predicted molar refractivity (Wildman–Crippen MR) is 73.4 cm³/mol. The zero-order valence-electron chi connectivity index (χ0n) is 11.8. The number of nitrogens with zero attached hydrogens (tertiary/aromatic N) is 2. The zero-order chi connectivity index (χ0) is 12.3. The van der Waals surface area contributed by atoms with Crippen molar-refractivity contribution in [3.8, 4) is 0 Å². The second kappa shape index (κ2) is 6.17. The molecule has 1 N–H and O–H groups in total. The third-order valence-electron chi connectivity index (χ3n) is 4.68. The lowest BCUT2D eigenvalue weighted by atomic mass is 9.91. The normalized spacial score (nSPS) is 34.1. The van der Waals surface area contributed by atoms with Crippen LogP contribution in [0.5, 0.6) is 0 Å². The van der Waals surface area contributed by atoms with Crippen LogP contribution in [0.3, 0.4) is 0 Å². The van der Waals surface area contributed by atoms with Gasteiger partial charge in [0, 0.05) is 37.8 Å². The first kappa shape index (κ1) is 13.3. The molecule has 2 unspecified atom stereocenters. The Morgan fingerprint density at radius 1 is 1.12 bits per heavy atom. The van der Waals surface area contributed by atoms with Gasteiger partial charge in [0.1, 0.15) is 0 Å². The molecule has 0 spiro atoms. The Labute approximate surface area is 107 Å². The fraction of sp³-hybridized carbons (Fsp3) is 1.00. The highest BCUT2D eigenvalue weighted by molar-refractivity contribution is 4.91. The maximum atomic E-state index is 3.37. The average Bonchev–Trinajstić information content (AvgIpc) is 2.35. The van der Waals surface area contributed by atoms with E-state index in [1.54, 1.807) is 0 Å². The third-order valence-corrected chi connectivity index (χ3v) is 4.68. The second-order valence-corrected chi connectivity index (χ2v) is 5.99. The van der Waals surface area contributed by atoms with Crippen molar-refractivity contribution in [3.63, 3.8) is 0 Å². The van der Waals surface area contributed by atoms with E-state index in [2.05, 4.69) is 36.1 Å². The van der Waals surface area contributed by atoms with Crippen LogP contribution in [0.25, 0.3) is 0 Å². The Balaban J connectivity index is 1.99. The Morgan fingerprint density at radius 2 is 1.82 bits per heavy atom. The Morgan fingerprint density at radius 3 is 2.47 bits per heavy atom. The molecule has 1 aliphatic heterocycles. The summed E-state index contributed by atoms with van der Waals surface area (Å²) in [6.45, 7) is 5.98. The summed E-state index contributed by atoms with van der Waals surface area (Å²) in [7, 11) is 4.35. The molecule has 0 bridgehead atoms. The molecule has 17 heavy (non-hydrogen) atoms. The molecular weight excluding hydrogens is 210 g/mol. The summed E-state index contributed by atoms with van der Waals surface area (Å²) < 4.78 is 0. The molecule has 1 saturated heterocycles. The van der Waals surface area contributed by atoms with Gasteiger partial charge in [-0.25, -0.2) is 0 Å². The predicted octanol–water partition coefficient (Wildman–Crippen LogP) is 1.54. The first-order valence-corrected chi connectivity index (χ1v) is 7.33. The third kappa shape index (κ3) is 3.21. The van der Waals surface area contributed by atoms with E-state index in [-0.39, 0.29) is 0 Å². The van der Waals surface area contributed by atoms with Crippen LogP contribution < -0.4 is 5.32 Å². The van der Waals surface area contributed by atoms with Gasteiger partial charge in [0.2, 0.25) is 0 Å². The fourth-order valence-corrected chi connectivity index (χ4v) is 3.49. The van der Waals surface area contributed by atoms with Gasteiger partial charge >= 0.3 is 0 Å². The maximum Gasteiger partial charge on any atom is 0.0351 e. The monoisotopic (exact) mass is 239 g/mol. The van der Waals surface area contributed by atoms with Gasteiger partial charge < -0.3 is 10.2 Å². The lowest BCUT2D eigenvalue weighted by Crippen LogP contribution is -2.61. The number of hydrogen-bond donors (Lipinski definition) is 1. The molecule has 3 heteroatoms. The van der Waals surface area contributed by atoms with E-state index in [4.69, 9.17) is 0 Å². The highest BCUT2D eigenvalue weighted by Crippen LogP contribution is 2.26. The first-order chi connectivity index (χ1) is 8.22. The molecule has 0 aromatic carbocycles. The molecular formula is C14H29N3. The van der Waals surface area contributed by atoms with E-state index in [1.807, 2.05) is 0 Å². The Kier molecular flexibility index (Phi) is 4.83. The van der Waals surface area contributed by atoms with Gasteiger partial charge in [-0.1, -0.05) is 19.3 Å². The number of nitrogens with one attached hydrogen (secondary N) is 1. The van der Waals surface area contributed by atoms with E-state index in [0.717, 1.165) is 12.6 Å². The summed E-state index contributed by atoms with van der Waals surface area (Å²) in [4.78, 5) is 5.32. The molecule has 1 saturated carbocycles. The van der Waals surface area contributed by atoms with Crippen molar-refractivity contribution in [1.29, 1.82) is 0 Å². The van der Waals surface area contributed by atoms with Crippen LogP contribution >= 0.6 is 0 Å². The van der Waals surface area contributed by atoms with Crippen LogP contribution in [0, 0.1) is 0 Å². The highest BCUT2D eigenvalue weighted by Gasteiger charge is 2.33.